The van der Waals surface area contributed by atoms with Crippen molar-refractivity contribution < 1.29 is 58.7 Å². The molecule has 16 heteroatoms. The van der Waals surface area contributed by atoms with E-state index in [1.807, 2.05) is 77.0 Å². The van der Waals surface area contributed by atoms with Crippen molar-refractivity contribution in [3.8, 4) is 0 Å². The molecule has 16 nitrogen and oxygen atoms in total. The molecule has 3 fully saturated rings. The average molecular weight is 919 g/mol. The number of cyclic esters (lactones) is 1. The van der Waals surface area contributed by atoms with Crippen LogP contribution in [-0.2, 0) is 33.2 Å². The summed E-state index contributed by atoms with van der Waals surface area (Å²) in [7, 11) is 5.30. The first-order chi connectivity index (χ1) is 30.4. The number of methoxy groups -OCH3 is 1. The predicted molar refractivity (Wildman–Crippen MR) is 248 cm³/mol. The molecule has 0 radical (unpaired) electrons. The third-order valence-corrected chi connectivity index (χ3v) is 14.6. The Hall–Kier alpha value is -2.58. The molecule has 1 unspecified atom stereocenters. The van der Waals surface area contributed by atoms with Gasteiger partial charge in [0.25, 0.3) is 0 Å². The summed E-state index contributed by atoms with van der Waals surface area (Å²) in [6, 6.07) is 8.98. The van der Waals surface area contributed by atoms with E-state index >= 15 is 0 Å². The molecule has 3 aliphatic heterocycles. The second-order valence-corrected chi connectivity index (χ2v) is 20.4. The van der Waals surface area contributed by atoms with Gasteiger partial charge in [-0.25, -0.2) is 0 Å². The van der Waals surface area contributed by atoms with Crippen molar-refractivity contribution in [1.82, 2.24) is 14.8 Å². The van der Waals surface area contributed by atoms with Gasteiger partial charge in [0.1, 0.15) is 30.0 Å². The standard InChI is InChI=1S/C49H82N4O12/c1-14-38-49(10,59)42(55)32(6)53(23-17-21-50-36-20-22-51-35-19-16-15-18-34(35)36)27-28(2)25-47(8,58)44(65-46-40(54)37(52(11)12)24-29(3)61-46)30(4)41(31(5)45(57)63-38)64-39-26-48(9,60-13)43(56)33(7)62-39/h15-16,18-20,22,28-33,37-44,46,54-56,58-59H,14,17,21,23-27H2,1-13H3,(H,50,51)/t28-,29-,30+,31-,32-,33+,37+,38-,39?,40-,41+,42-,43+,44-,46+,47-,48-,49-/m1/s1. The van der Waals surface area contributed by atoms with Crippen molar-refractivity contribution in [3.63, 3.8) is 0 Å². The number of aromatic nitrogens is 1. The van der Waals surface area contributed by atoms with Gasteiger partial charge in [0.2, 0.25) is 0 Å². The van der Waals surface area contributed by atoms with Crippen LogP contribution in [0, 0.1) is 17.8 Å². The molecule has 3 saturated heterocycles. The fourth-order valence-corrected chi connectivity index (χ4v) is 10.7. The molecule has 3 aliphatic rings. The lowest BCUT2D eigenvalue weighted by Crippen LogP contribution is -2.60. The number of hydrogen-bond donors (Lipinski definition) is 6. The highest BCUT2D eigenvalue weighted by atomic mass is 16.7. The van der Waals surface area contributed by atoms with Gasteiger partial charge < -0.3 is 64.2 Å². The summed E-state index contributed by atoms with van der Waals surface area (Å²) in [6.45, 7) is 19.4. The van der Waals surface area contributed by atoms with E-state index < -0.39 is 96.0 Å². The fraction of sp³-hybridized carbons (Fsp3) is 0.796. The van der Waals surface area contributed by atoms with E-state index in [9.17, 15) is 30.3 Å². The molecule has 0 aliphatic carbocycles. The Balaban J connectivity index is 1.53. The molecule has 6 N–H and O–H groups in total. The minimum absolute atomic E-state index is 0.117. The number of likely N-dealkylation sites (N-methyl/N-ethyl adjacent to an activating group) is 1. The number of nitrogens with zero attached hydrogens (tertiary/aromatic N) is 3. The Bertz CT molecular complexity index is 1820. The molecule has 370 valence electrons. The average Bonchev–Trinajstić information content (AvgIpc) is 3.25. The highest BCUT2D eigenvalue weighted by Crippen LogP contribution is 2.40. The first-order valence-corrected chi connectivity index (χ1v) is 23.8. The van der Waals surface area contributed by atoms with Gasteiger partial charge in [-0.15, -0.1) is 0 Å². The molecule has 0 bridgehead atoms. The van der Waals surface area contributed by atoms with Gasteiger partial charge >= 0.3 is 5.97 Å². The number of aliphatic hydroxyl groups excluding tert-OH is 3. The zero-order chi connectivity index (χ0) is 48.2. The van der Waals surface area contributed by atoms with Crippen LogP contribution in [0.25, 0.3) is 10.9 Å². The largest absolute Gasteiger partial charge is 0.459 e. The molecule has 0 spiro atoms. The van der Waals surface area contributed by atoms with Gasteiger partial charge in [0, 0.05) is 68.4 Å². The second kappa shape index (κ2) is 22.2. The summed E-state index contributed by atoms with van der Waals surface area (Å²) in [4.78, 5) is 23.1. The van der Waals surface area contributed by atoms with Crippen molar-refractivity contribution in [2.24, 2.45) is 17.8 Å². The van der Waals surface area contributed by atoms with Crippen LogP contribution in [-0.4, -0.2) is 177 Å². The Morgan fingerprint density at radius 2 is 1.65 bits per heavy atom. The molecule has 65 heavy (non-hydrogen) atoms. The van der Waals surface area contributed by atoms with E-state index in [4.69, 9.17) is 28.4 Å². The van der Waals surface area contributed by atoms with Crippen molar-refractivity contribution in [3.05, 3.63) is 36.5 Å². The fourth-order valence-electron chi connectivity index (χ4n) is 10.7. The number of ether oxygens (including phenoxy) is 6. The number of pyridine rings is 1. The van der Waals surface area contributed by atoms with Crippen LogP contribution in [0.15, 0.2) is 36.5 Å². The summed E-state index contributed by atoms with van der Waals surface area (Å²) in [5, 5.41) is 64.6. The van der Waals surface area contributed by atoms with Gasteiger partial charge in [0.15, 0.2) is 12.6 Å². The van der Waals surface area contributed by atoms with E-state index in [2.05, 4.69) is 15.2 Å². The first kappa shape index (κ1) is 53.4. The van der Waals surface area contributed by atoms with Crippen LogP contribution in [0.4, 0.5) is 5.69 Å². The zero-order valence-electron chi connectivity index (χ0n) is 41.2. The van der Waals surface area contributed by atoms with Crippen LogP contribution in [0.3, 0.4) is 0 Å². The van der Waals surface area contributed by atoms with Crippen LogP contribution in [0.1, 0.15) is 101 Å². The van der Waals surface area contributed by atoms with Crippen LogP contribution in [0.2, 0.25) is 0 Å². The van der Waals surface area contributed by atoms with Crippen LogP contribution >= 0.6 is 0 Å². The van der Waals surface area contributed by atoms with Crippen LogP contribution in [0.5, 0.6) is 0 Å². The predicted octanol–water partition coefficient (Wildman–Crippen LogP) is 4.32. The molecule has 18 atom stereocenters. The Kier molecular flexibility index (Phi) is 18.3. The number of hydrogen-bond acceptors (Lipinski definition) is 16. The summed E-state index contributed by atoms with van der Waals surface area (Å²) in [6.07, 6.45) is -6.18. The lowest BCUT2D eigenvalue weighted by Gasteiger charge is -2.48. The monoisotopic (exact) mass is 919 g/mol. The summed E-state index contributed by atoms with van der Waals surface area (Å²) >= 11 is 0. The summed E-state index contributed by atoms with van der Waals surface area (Å²) in [5.74, 6) is -2.73. The molecule has 1 aromatic carbocycles. The molecular weight excluding hydrogens is 837 g/mol. The number of carbonyl (C=O) groups excluding carboxylic acids is 1. The minimum Gasteiger partial charge on any atom is -0.459 e. The second-order valence-electron chi connectivity index (χ2n) is 20.4. The van der Waals surface area contributed by atoms with Crippen molar-refractivity contribution in [2.75, 3.05) is 46.2 Å². The third-order valence-electron chi connectivity index (χ3n) is 14.6. The highest BCUT2D eigenvalue weighted by molar-refractivity contribution is 5.90. The maximum Gasteiger partial charge on any atom is 0.311 e. The zero-order valence-corrected chi connectivity index (χ0v) is 41.2. The number of nitrogens with one attached hydrogen (secondary N) is 1. The molecular formula is C49H82N4O12. The van der Waals surface area contributed by atoms with E-state index in [0.29, 0.717) is 32.5 Å². The number of carbonyl (C=O) groups is 1. The van der Waals surface area contributed by atoms with Gasteiger partial charge in [-0.1, -0.05) is 39.0 Å². The lowest BCUT2D eigenvalue weighted by molar-refractivity contribution is -0.318. The SMILES string of the molecule is CC[C@H]1OC(=O)[C@H](C)[C@@H](OC2C[C@@](C)(OC)[C@@H](O)[C@H](C)O2)[C@H](C)[C@@H](O[C@@H]2O[C@H](C)C[C@H](N(C)C)[C@H]2O)[C@](C)(O)C[C@@H](C)CN(CCCNc2ccnc3ccccc23)[C@H](C)[C@@H](O)[C@]1(C)O. The number of para-hydroxylation sites is 1. The number of aliphatic hydroxyl groups is 5. The minimum atomic E-state index is -1.87. The molecule has 1 aromatic heterocycles. The van der Waals surface area contributed by atoms with E-state index in [1.54, 1.807) is 40.8 Å². The summed E-state index contributed by atoms with van der Waals surface area (Å²) in [5.41, 5.74) is -2.68. The Morgan fingerprint density at radius 3 is 2.31 bits per heavy atom. The molecule has 0 amide bonds. The lowest BCUT2D eigenvalue weighted by atomic mass is 9.77. The molecule has 2 aromatic rings. The maximum absolute atomic E-state index is 14.6. The number of rotatable bonds is 12. The first-order valence-electron chi connectivity index (χ1n) is 23.8. The quantitative estimate of drug-likeness (QED) is 0.130. The third kappa shape index (κ3) is 12.4. The van der Waals surface area contributed by atoms with Gasteiger partial charge in [-0.3, -0.25) is 14.7 Å². The summed E-state index contributed by atoms with van der Waals surface area (Å²) < 4.78 is 38.2. The number of benzene rings is 1. The molecule has 5 rings (SSSR count). The highest BCUT2D eigenvalue weighted by Gasteiger charge is 2.53. The number of anilines is 1. The van der Waals surface area contributed by atoms with Crippen LogP contribution < -0.4 is 5.32 Å². The van der Waals surface area contributed by atoms with E-state index in [-0.39, 0.29) is 37.3 Å². The van der Waals surface area contributed by atoms with Gasteiger partial charge in [0.05, 0.1) is 47.1 Å². The van der Waals surface area contributed by atoms with E-state index in [0.717, 1.165) is 16.6 Å². The maximum atomic E-state index is 14.6. The molecule has 0 saturated carbocycles. The van der Waals surface area contributed by atoms with Crippen molar-refractivity contribution in [1.29, 1.82) is 0 Å². The number of fused-ring (bicyclic) bond motifs is 1. The van der Waals surface area contributed by atoms with Gasteiger partial charge in [-0.05, 0) is 106 Å². The van der Waals surface area contributed by atoms with E-state index in [1.165, 1.54) is 14.0 Å². The molecule has 4 heterocycles. The van der Waals surface area contributed by atoms with Crippen molar-refractivity contribution >= 4 is 22.6 Å². The number of esters is 1. The topological polar surface area (TPSA) is 205 Å². The van der Waals surface area contributed by atoms with Crippen molar-refractivity contribution in [2.45, 2.75) is 192 Å². The smallest absolute Gasteiger partial charge is 0.311 e. The Labute approximate surface area is 387 Å². The normalized spacial score (nSPS) is 42.0. The Morgan fingerprint density at radius 1 is 0.954 bits per heavy atom. The van der Waals surface area contributed by atoms with Gasteiger partial charge in [-0.2, -0.15) is 0 Å².